The van der Waals surface area contributed by atoms with Gasteiger partial charge in [-0.2, -0.15) is 5.10 Å². The Morgan fingerprint density at radius 2 is 1.89 bits per heavy atom. The summed E-state index contributed by atoms with van der Waals surface area (Å²) in [5.74, 6) is 1.42. The highest BCUT2D eigenvalue weighted by atomic mass is 16.5. The van der Waals surface area contributed by atoms with Gasteiger partial charge in [0, 0.05) is 36.2 Å². The molecule has 7 nitrogen and oxygen atoms in total. The Balaban J connectivity index is 1.39. The molecule has 1 fully saturated rings. The topological polar surface area (TPSA) is 71.4 Å². The first-order chi connectivity index (χ1) is 16.6. The molecule has 3 aliphatic heterocycles. The SMILES string of the molecule is COc1ccc(C2=NN(C3CCN(C(=O)c4[c]cccc4)CC3)C(=O)C2(C)C)c2c1OC(C)(C)C2. The van der Waals surface area contributed by atoms with Gasteiger partial charge >= 0.3 is 0 Å². The van der Waals surface area contributed by atoms with Crippen LogP contribution in [0.25, 0.3) is 0 Å². The van der Waals surface area contributed by atoms with Gasteiger partial charge in [0.15, 0.2) is 11.5 Å². The highest BCUT2D eigenvalue weighted by Gasteiger charge is 2.48. The molecule has 1 saturated heterocycles. The lowest BCUT2D eigenvalue weighted by Crippen LogP contribution is -2.47. The van der Waals surface area contributed by atoms with Crippen LogP contribution in [0.2, 0.25) is 0 Å². The molecule has 0 spiro atoms. The van der Waals surface area contributed by atoms with E-state index in [-0.39, 0.29) is 23.5 Å². The second-order valence-corrected chi connectivity index (χ2v) is 10.7. The van der Waals surface area contributed by atoms with Crippen molar-refractivity contribution in [3.05, 3.63) is 59.2 Å². The Hall–Kier alpha value is -3.35. The number of ether oxygens (including phenoxy) is 2. The molecule has 0 bridgehead atoms. The lowest BCUT2D eigenvalue weighted by molar-refractivity contribution is -0.137. The van der Waals surface area contributed by atoms with E-state index in [0.29, 0.717) is 37.2 Å². The van der Waals surface area contributed by atoms with Crippen molar-refractivity contribution in [1.82, 2.24) is 9.91 Å². The van der Waals surface area contributed by atoms with E-state index in [0.717, 1.165) is 29.0 Å². The molecule has 35 heavy (non-hydrogen) atoms. The molecule has 0 unspecified atom stereocenters. The quantitative estimate of drug-likeness (QED) is 0.669. The minimum absolute atomic E-state index is 0.00332. The van der Waals surface area contributed by atoms with E-state index in [1.807, 2.05) is 43.0 Å². The smallest absolute Gasteiger partial charge is 0.254 e. The van der Waals surface area contributed by atoms with Gasteiger partial charge in [0.2, 0.25) is 0 Å². The average molecular weight is 475 g/mol. The maximum atomic E-state index is 13.6. The molecule has 2 aromatic carbocycles. The maximum absolute atomic E-state index is 13.6. The summed E-state index contributed by atoms with van der Waals surface area (Å²) in [4.78, 5) is 28.2. The van der Waals surface area contributed by atoms with Gasteiger partial charge < -0.3 is 14.4 Å². The zero-order valence-electron chi connectivity index (χ0n) is 21.1. The third-order valence-electron chi connectivity index (χ3n) is 7.26. The van der Waals surface area contributed by atoms with E-state index < -0.39 is 5.41 Å². The maximum Gasteiger partial charge on any atom is 0.254 e. The summed E-state index contributed by atoms with van der Waals surface area (Å²) in [6.45, 7) is 9.16. The van der Waals surface area contributed by atoms with Gasteiger partial charge in [-0.25, -0.2) is 5.01 Å². The van der Waals surface area contributed by atoms with Crippen LogP contribution >= 0.6 is 0 Å². The highest BCUT2D eigenvalue weighted by molar-refractivity contribution is 6.20. The van der Waals surface area contributed by atoms with Crippen LogP contribution in [0.1, 0.15) is 62.0 Å². The number of hydrogen-bond acceptors (Lipinski definition) is 5. The molecule has 183 valence electrons. The first kappa shape index (κ1) is 23.4. The van der Waals surface area contributed by atoms with E-state index >= 15 is 0 Å². The third kappa shape index (κ3) is 3.97. The Bertz CT molecular complexity index is 1190. The number of hydrazone groups is 1. The van der Waals surface area contributed by atoms with Gasteiger partial charge in [0.1, 0.15) is 5.60 Å². The summed E-state index contributed by atoms with van der Waals surface area (Å²) in [5, 5.41) is 6.59. The van der Waals surface area contributed by atoms with Crippen LogP contribution in [0.3, 0.4) is 0 Å². The molecule has 7 heteroatoms. The summed E-state index contributed by atoms with van der Waals surface area (Å²) >= 11 is 0. The van der Waals surface area contributed by atoms with Crippen LogP contribution in [0.4, 0.5) is 0 Å². The Labute approximate surface area is 206 Å². The summed E-state index contributed by atoms with van der Waals surface area (Å²) in [7, 11) is 1.64. The summed E-state index contributed by atoms with van der Waals surface area (Å²) < 4.78 is 11.7. The molecule has 3 aliphatic rings. The minimum Gasteiger partial charge on any atom is -0.493 e. The predicted molar refractivity (Wildman–Crippen MR) is 133 cm³/mol. The number of amides is 2. The number of methoxy groups -OCH3 is 1. The summed E-state index contributed by atoms with van der Waals surface area (Å²) in [5.41, 5.74) is 2.20. The first-order valence-electron chi connectivity index (χ1n) is 12.2. The van der Waals surface area contributed by atoms with Crippen molar-refractivity contribution < 1.29 is 19.1 Å². The third-order valence-corrected chi connectivity index (χ3v) is 7.26. The summed E-state index contributed by atoms with van der Waals surface area (Å²) in [6.07, 6.45) is 2.09. The van der Waals surface area contributed by atoms with Crippen LogP contribution < -0.4 is 9.47 Å². The largest absolute Gasteiger partial charge is 0.493 e. The van der Waals surface area contributed by atoms with E-state index in [1.54, 1.807) is 24.3 Å². The van der Waals surface area contributed by atoms with Gasteiger partial charge in [-0.15, -0.1) is 0 Å². The van der Waals surface area contributed by atoms with Gasteiger partial charge in [-0.05, 0) is 64.8 Å². The molecule has 1 radical (unpaired) electrons. The van der Waals surface area contributed by atoms with Crippen molar-refractivity contribution in [3.8, 4) is 11.5 Å². The Kier molecular flexibility index (Phi) is 5.61. The normalized spacial score (nSPS) is 20.9. The molecule has 0 saturated carbocycles. The second kappa shape index (κ2) is 8.40. The number of carbonyl (C=O) groups excluding carboxylic acids is 2. The average Bonchev–Trinajstić information content (AvgIpc) is 3.30. The number of likely N-dealkylation sites (tertiary alicyclic amines) is 1. The van der Waals surface area contributed by atoms with E-state index in [1.165, 1.54) is 0 Å². The molecule has 3 heterocycles. The molecule has 0 N–H and O–H groups in total. The van der Waals surface area contributed by atoms with Crippen molar-refractivity contribution in [1.29, 1.82) is 0 Å². The van der Waals surface area contributed by atoms with Gasteiger partial charge in [-0.1, -0.05) is 18.2 Å². The fraction of sp³-hybridized carbons (Fsp3) is 0.464. The summed E-state index contributed by atoms with van der Waals surface area (Å²) in [6, 6.07) is 14.1. The van der Waals surface area contributed by atoms with E-state index in [9.17, 15) is 9.59 Å². The fourth-order valence-electron chi connectivity index (χ4n) is 5.33. The van der Waals surface area contributed by atoms with Crippen molar-refractivity contribution in [2.24, 2.45) is 10.5 Å². The zero-order chi connectivity index (χ0) is 25.0. The highest BCUT2D eigenvalue weighted by Crippen LogP contribution is 2.46. The number of fused-ring (bicyclic) bond motifs is 1. The Morgan fingerprint density at radius 1 is 1.14 bits per heavy atom. The van der Waals surface area contributed by atoms with Crippen LogP contribution in [0.5, 0.6) is 11.5 Å². The van der Waals surface area contributed by atoms with Crippen molar-refractivity contribution in [2.45, 2.75) is 58.6 Å². The molecule has 5 rings (SSSR count). The van der Waals surface area contributed by atoms with Gasteiger partial charge in [0.25, 0.3) is 11.8 Å². The second-order valence-electron chi connectivity index (χ2n) is 10.7. The number of rotatable bonds is 4. The number of nitrogens with zero attached hydrogens (tertiary/aromatic N) is 3. The zero-order valence-corrected chi connectivity index (χ0v) is 21.1. The standard InChI is InChI=1S/C28H32N3O4/c1-27(2)17-21-20(11-12-22(34-5)23(21)35-27)24-28(3,4)26(33)31(29-24)19-13-15-30(16-14-19)25(32)18-9-7-6-8-10-18/h6-9,11-12,19H,13-17H2,1-5H3. The van der Waals surface area contributed by atoms with Crippen LogP contribution in [0.15, 0.2) is 41.5 Å². The molecule has 0 aromatic heterocycles. The van der Waals surface area contributed by atoms with Crippen LogP contribution in [0, 0.1) is 11.5 Å². The predicted octanol–water partition coefficient (Wildman–Crippen LogP) is 4.09. The molecule has 0 atom stereocenters. The van der Waals surface area contributed by atoms with E-state index in [4.69, 9.17) is 14.6 Å². The lowest BCUT2D eigenvalue weighted by atomic mass is 9.80. The number of carbonyl (C=O) groups is 2. The first-order valence-corrected chi connectivity index (χ1v) is 12.2. The van der Waals surface area contributed by atoms with E-state index in [2.05, 4.69) is 19.9 Å². The van der Waals surface area contributed by atoms with Crippen molar-refractivity contribution in [3.63, 3.8) is 0 Å². The van der Waals surface area contributed by atoms with Crippen LogP contribution in [-0.4, -0.2) is 59.3 Å². The minimum atomic E-state index is -0.763. The lowest BCUT2D eigenvalue weighted by Gasteiger charge is -2.35. The molecule has 2 aromatic rings. The molecule has 0 aliphatic carbocycles. The van der Waals surface area contributed by atoms with Crippen molar-refractivity contribution >= 4 is 17.5 Å². The fourth-order valence-corrected chi connectivity index (χ4v) is 5.33. The van der Waals surface area contributed by atoms with Crippen molar-refractivity contribution in [2.75, 3.05) is 20.2 Å². The Morgan fingerprint density at radius 3 is 2.54 bits per heavy atom. The monoisotopic (exact) mass is 474 g/mol. The number of benzene rings is 2. The number of piperidine rings is 1. The number of hydrogen-bond donors (Lipinski definition) is 0. The van der Waals surface area contributed by atoms with Crippen LogP contribution in [-0.2, 0) is 11.2 Å². The van der Waals surface area contributed by atoms with Gasteiger partial charge in [-0.3, -0.25) is 9.59 Å². The molecular weight excluding hydrogens is 442 g/mol. The molecule has 2 amide bonds. The molecular formula is C28H32N3O4. The van der Waals surface area contributed by atoms with Gasteiger partial charge in [0.05, 0.1) is 24.3 Å².